The molecule has 2 nitrogen and oxygen atoms in total. The van der Waals surface area contributed by atoms with Crippen LogP contribution in [-0.2, 0) is 9.78 Å². The van der Waals surface area contributed by atoms with E-state index in [1.54, 1.807) is 0 Å². The highest BCUT2D eigenvalue weighted by Crippen LogP contribution is 1.67. The highest BCUT2D eigenvalue weighted by molar-refractivity contribution is 3.93. The average molecular weight is 75.1 g/mol. The standard InChI is InChI=1S/C3H7O2/c1-3-5-4-2/h2-3H2,1H3. The Morgan fingerprint density at radius 1 is 1.80 bits per heavy atom. The molecule has 0 aliphatic rings. The van der Waals surface area contributed by atoms with Gasteiger partial charge in [0.25, 0.3) is 0 Å². The Kier molecular flexibility index (Phi) is 3.86. The Hall–Kier alpha value is -0.0800. The molecule has 0 heterocycles. The van der Waals surface area contributed by atoms with Gasteiger partial charge in [-0.05, 0) is 6.92 Å². The summed E-state index contributed by atoms with van der Waals surface area (Å²) >= 11 is 0. The third-order valence-electron chi connectivity index (χ3n) is 0.201. The van der Waals surface area contributed by atoms with E-state index in [4.69, 9.17) is 0 Å². The summed E-state index contributed by atoms with van der Waals surface area (Å²) in [4.78, 5) is 8.16. The van der Waals surface area contributed by atoms with Crippen molar-refractivity contribution in [2.75, 3.05) is 6.61 Å². The monoisotopic (exact) mass is 75.0 g/mol. The maximum atomic E-state index is 4.22. The van der Waals surface area contributed by atoms with Crippen molar-refractivity contribution in [2.24, 2.45) is 0 Å². The SMILES string of the molecule is [CH2]OOCC. The summed E-state index contributed by atoms with van der Waals surface area (Å²) in [6.45, 7) is 2.38. The minimum Gasteiger partial charge on any atom is -0.237 e. The molecular formula is C3H7O2. The Labute approximate surface area is 31.6 Å². The van der Waals surface area contributed by atoms with Gasteiger partial charge in [0, 0.05) is 0 Å². The van der Waals surface area contributed by atoms with E-state index in [-0.39, 0.29) is 0 Å². The minimum absolute atomic E-state index is 0.559. The van der Waals surface area contributed by atoms with Crippen LogP contribution in [0, 0.1) is 7.11 Å². The second kappa shape index (κ2) is 3.92. The molecule has 1 radical (unpaired) electrons. The van der Waals surface area contributed by atoms with Gasteiger partial charge < -0.3 is 0 Å². The normalized spacial score (nSPS) is 8.40. The van der Waals surface area contributed by atoms with Crippen molar-refractivity contribution in [3.8, 4) is 0 Å². The van der Waals surface area contributed by atoms with E-state index in [0.717, 1.165) is 0 Å². The van der Waals surface area contributed by atoms with E-state index < -0.39 is 0 Å². The van der Waals surface area contributed by atoms with Crippen LogP contribution in [0.4, 0.5) is 0 Å². The van der Waals surface area contributed by atoms with Gasteiger partial charge in [0.1, 0.15) is 7.11 Å². The minimum atomic E-state index is 0.559. The molecule has 0 rings (SSSR count). The van der Waals surface area contributed by atoms with Gasteiger partial charge in [-0.2, -0.15) is 0 Å². The molecule has 2 heteroatoms. The molecule has 0 spiro atoms. The van der Waals surface area contributed by atoms with Crippen molar-refractivity contribution in [3.05, 3.63) is 7.11 Å². The first-order valence-electron chi connectivity index (χ1n) is 1.45. The zero-order valence-corrected chi connectivity index (χ0v) is 3.23. The Morgan fingerprint density at radius 3 is 2.40 bits per heavy atom. The molecule has 5 heavy (non-hydrogen) atoms. The molecule has 0 N–H and O–H groups in total. The topological polar surface area (TPSA) is 18.5 Å². The van der Waals surface area contributed by atoms with Crippen molar-refractivity contribution < 1.29 is 9.78 Å². The van der Waals surface area contributed by atoms with Gasteiger partial charge in [-0.3, -0.25) is 0 Å². The fourth-order valence-corrected chi connectivity index (χ4v) is 0.0833. The largest absolute Gasteiger partial charge is 0.237 e. The molecule has 31 valence electrons. The first kappa shape index (κ1) is 4.92. The van der Waals surface area contributed by atoms with Crippen LogP contribution in [0.5, 0.6) is 0 Å². The number of hydrogen-bond acceptors (Lipinski definition) is 2. The van der Waals surface area contributed by atoms with E-state index in [1.165, 1.54) is 0 Å². The summed E-state index contributed by atoms with van der Waals surface area (Å²) < 4.78 is 0. The lowest BCUT2D eigenvalue weighted by Gasteiger charge is -1.86. The highest BCUT2D eigenvalue weighted by Gasteiger charge is 1.64. The highest BCUT2D eigenvalue weighted by atomic mass is 17.2. The summed E-state index contributed by atoms with van der Waals surface area (Å²) in [6.07, 6.45) is 0. The van der Waals surface area contributed by atoms with E-state index in [9.17, 15) is 0 Å². The number of rotatable bonds is 2. The van der Waals surface area contributed by atoms with Gasteiger partial charge in [0.15, 0.2) is 0 Å². The summed E-state index contributed by atoms with van der Waals surface area (Å²) in [7, 11) is 2.95. The molecule has 0 aromatic rings. The second-order valence-electron chi connectivity index (χ2n) is 0.524. The van der Waals surface area contributed by atoms with E-state index in [2.05, 4.69) is 16.9 Å². The first-order valence-corrected chi connectivity index (χ1v) is 1.45. The van der Waals surface area contributed by atoms with Crippen LogP contribution < -0.4 is 0 Å². The molecule has 0 bridgehead atoms. The molecule has 0 aliphatic carbocycles. The molecule has 0 saturated heterocycles. The lowest BCUT2D eigenvalue weighted by Crippen LogP contribution is -1.81. The predicted octanol–water partition coefficient (Wildman–Crippen LogP) is 0.746. The summed E-state index contributed by atoms with van der Waals surface area (Å²) in [5.41, 5.74) is 0. The Balaban J connectivity index is 2.19. The fourth-order valence-electron chi connectivity index (χ4n) is 0.0833. The van der Waals surface area contributed by atoms with Crippen LogP contribution in [0.2, 0.25) is 0 Å². The van der Waals surface area contributed by atoms with Gasteiger partial charge >= 0.3 is 0 Å². The summed E-state index contributed by atoms with van der Waals surface area (Å²) in [6, 6.07) is 0. The smallest absolute Gasteiger partial charge is 0.109 e. The van der Waals surface area contributed by atoms with Crippen molar-refractivity contribution in [2.45, 2.75) is 6.92 Å². The first-order chi connectivity index (χ1) is 2.41. The van der Waals surface area contributed by atoms with E-state index in [0.29, 0.717) is 6.61 Å². The Morgan fingerprint density at radius 2 is 2.40 bits per heavy atom. The van der Waals surface area contributed by atoms with E-state index in [1.807, 2.05) is 6.92 Å². The van der Waals surface area contributed by atoms with Gasteiger partial charge in [-0.1, -0.05) is 0 Å². The molecule has 0 aromatic carbocycles. The molecule has 0 saturated carbocycles. The van der Waals surface area contributed by atoms with Crippen LogP contribution >= 0.6 is 0 Å². The number of hydrogen-bond donors (Lipinski definition) is 0. The van der Waals surface area contributed by atoms with E-state index >= 15 is 0 Å². The second-order valence-corrected chi connectivity index (χ2v) is 0.524. The predicted molar refractivity (Wildman–Crippen MR) is 18.1 cm³/mol. The van der Waals surface area contributed by atoms with Crippen molar-refractivity contribution >= 4 is 0 Å². The van der Waals surface area contributed by atoms with Gasteiger partial charge in [-0.15, -0.1) is 0 Å². The zero-order valence-electron chi connectivity index (χ0n) is 3.23. The third kappa shape index (κ3) is 3.92. The van der Waals surface area contributed by atoms with Crippen LogP contribution in [0.25, 0.3) is 0 Å². The third-order valence-corrected chi connectivity index (χ3v) is 0.201. The molecule has 0 unspecified atom stereocenters. The average Bonchev–Trinajstić information content (AvgIpc) is 1.41. The zero-order chi connectivity index (χ0) is 4.12. The van der Waals surface area contributed by atoms with Crippen LogP contribution in [0.1, 0.15) is 6.92 Å². The fraction of sp³-hybridized carbons (Fsp3) is 0.667. The summed E-state index contributed by atoms with van der Waals surface area (Å²) in [5, 5.41) is 0. The lowest BCUT2D eigenvalue weighted by molar-refractivity contribution is -0.248. The van der Waals surface area contributed by atoms with Gasteiger partial charge in [0.05, 0.1) is 6.61 Å². The van der Waals surface area contributed by atoms with Crippen LogP contribution in [0.15, 0.2) is 0 Å². The lowest BCUT2D eigenvalue weighted by atomic mass is 10.9. The molecule has 0 fully saturated rings. The van der Waals surface area contributed by atoms with Gasteiger partial charge in [0.2, 0.25) is 0 Å². The maximum absolute atomic E-state index is 4.22. The van der Waals surface area contributed by atoms with Crippen LogP contribution in [0.3, 0.4) is 0 Å². The molecule has 0 aliphatic heterocycles. The van der Waals surface area contributed by atoms with Crippen molar-refractivity contribution in [1.82, 2.24) is 0 Å². The molecule has 0 amide bonds. The molecule has 0 atom stereocenters. The van der Waals surface area contributed by atoms with Crippen molar-refractivity contribution in [3.63, 3.8) is 0 Å². The molecule has 0 aromatic heterocycles. The van der Waals surface area contributed by atoms with Crippen molar-refractivity contribution in [1.29, 1.82) is 0 Å². The maximum Gasteiger partial charge on any atom is 0.109 e. The summed E-state index contributed by atoms with van der Waals surface area (Å²) in [5.74, 6) is 0. The quantitative estimate of drug-likeness (QED) is 0.356. The Bertz CT molecular complexity index is 12.4. The molecular weight excluding hydrogens is 68.0 g/mol. The van der Waals surface area contributed by atoms with Gasteiger partial charge in [-0.25, -0.2) is 9.78 Å². The van der Waals surface area contributed by atoms with Crippen LogP contribution in [-0.4, -0.2) is 6.61 Å².